The SMILES string of the molecule is Cc1cncc(N2CCC[C@H](F)C2)n1. The van der Waals surface area contributed by atoms with Crippen molar-refractivity contribution < 1.29 is 4.39 Å². The Morgan fingerprint density at radius 3 is 3.07 bits per heavy atom. The van der Waals surface area contributed by atoms with E-state index in [0.717, 1.165) is 24.5 Å². The largest absolute Gasteiger partial charge is 0.352 e. The lowest BCUT2D eigenvalue weighted by Crippen LogP contribution is -2.37. The van der Waals surface area contributed by atoms with Crippen molar-refractivity contribution in [2.45, 2.75) is 25.9 Å². The number of aryl methyl sites for hydroxylation is 1. The fraction of sp³-hybridized carbons (Fsp3) is 0.600. The van der Waals surface area contributed by atoms with Gasteiger partial charge >= 0.3 is 0 Å². The number of piperidine rings is 1. The van der Waals surface area contributed by atoms with Gasteiger partial charge in [-0.15, -0.1) is 0 Å². The first-order valence-corrected chi connectivity index (χ1v) is 4.93. The van der Waals surface area contributed by atoms with Gasteiger partial charge in [-0.3, -0.25) is 4.98 Å². The van der Waals surface area contributed by atoms with Gasteiger partial charge in [0.15, 0.2) is 0 Å². The maximum Gasteiger partial charge on any atom is 0.147 e. The van der Waals surface area contributed by atoms with E-state index in [4.69, 9.17) is 0 Å². The number of anilines is 1. The van der Waals surface area contributed by atoms with Crippen LogP contribution in [0, 0.1) is 6.92 Å². The van der Waals surface area contributed by atoms with E-state index in [1.54, 1.807) is 12.4 Å². The lowest BCUT2D eigenvalue weighted by Gasteiger charge is -2.29. The summed E-state index contributed by atoms with van der Waals surface area (Å²) >= 11 is 0. The highest BCUT2D eigenvalue weighted by Crippen LogP contribution is 2.18. The maximum atomic E-state index is 13.1. The maximum absolute atomic E-state index is 13.1. The molecular formula is C10H14FN3. The van der Waals surface area contributed by atoms with Crippen molar-refractivity contribution in [3.8, 4) is 0 Å². The Morgan fingerprint density at radius 2 is 2.36 bits per heavy atom. The van der Waals surface area contributed by atoms with E-state index < -0.39 is 6.17 Å². The summed E-state index contributed by atoms with van der Waals surface area (Å²) < 4.78 is 13.1. The molecule has 1 aromatic rings. The van der Waals surface area contributed by atoms with Gasteiger partial charge < -0.3 is 4.90 Å². The quantitative estimate of drug-likeness (QED) is 0.683. The van der Waals surface area contributed by atoms with E-state index in [1.807, 2.05) is 11.8 Å². The van der Waals surface area contributed by atoms with Crippen LogP contribution in [0.3, 0.4) is 0 Å². The second-order valence-electron chi connectivity index (χ2n) is 3.70. The molecular weight excluding hydrogens is 181 g/mol. The predicted molar refractivity (Wildman–Crippen MR) is 53.1 cm³/mol. The van der Waals surface area contributed by atoms with E-state index in [0.29, 0.717) is 13.0 Å². The summed E-state index contributed by atoms with van der Waals surface area (Å²) in [4.78, 5) is 10.4. The van der Waals surface area contributed by atoms with Crippen molar-refractivity contribution >= 4 is 5.82 Å². The van der Waals surface area contributed by atoms with Gasteiger partial charge in [0.2, 0.25) is 0 Å². The smallest absolute Gasteiger partial charge is 0.147 e. The molecule has 2 heterocycles. The number of aromatic nitrogens is 2. The van der Waals surface area contributed by atoms with E-state index in [1.165, 1.54) is 0 Å². The lowest BCUT2D eigenvalue weighted by molar-refractivity contribution is 0.286. The molecule has 0 radical (unpaired) electrons. The molecule has 0 unspecified atom stereocenters. The molecule has 1 saturated heterocycles. The standard InChI is InChI=1S/C10H14FN3/c1-8-5-12-6-10(13-8)14-4-2-3-9(11)7-14/h5-6,9H,2-4,7H2,1H3/t9-/m0/s1. The minimum Gasteiger partial charge on any atom is -0.352 e. The highest BCUT2D eigenvalue weighted by molar-refractivity contribution is 5.36. The Hall–Kier alpha value is -1.19. The highest BCUT2D eigenvalue weighted by Gasteiger charge is 2.20. The molecule has 0 aromatic carbocycles. The average molecular weight is 195 g/mol. The van der Waals surface area contributed by atoms with Gasteiger partial charge in [0.25, 0.3) is 0 Å². The molecule has 0 saturated carbocycles. The first-order chi connectivity index (χ1) is 6.75. The molecule has 0 bridgehead atoms. The van der Waals surface area contributed by atoms with Crippen LogP contribution in [0.25, 0.3) is 0 Å². The van der Waals surface area contributed by atoms with Crippen LogP contribution in [0.2, 0.25) is 0 Å². The van der Waals surface area contributed by atoms with Gasteiger partial charge in [0.05, 0.1) is 18.4 Å². The first-order valence-electron chi connectivity index (χ1n) is 4.93. The van der Waals surface area contributed by atoms with Crippen molar-refractivity contribution in [1.82, 2.24) is 9.97 Å². The lowest BCUT2D eigenvalue weighted by atomic mass is 10.1. The fourth-order valence-electron chi connectivity index (χ4n) is 1.74. The number of halogens is 1. The second-order valence-corrected chi connectivity index (χ2v) is 3.70. The van der Waals surface area contributed by atoms with Gasteiger partial charge in [-0.05, 0) is 19.8 Å². The Morgan fingerprint density at radius 1 is 1.50 bits per heavy atom. The predicted octanol–water partition coefficient (Wildman–Crippen LogP) is 1.72. The van der Waals surface area contributed by atoms with Crippen molar-refractivity contribution in [2.75, 3.05) is 18.0 Å². The molecule has 0 amide bonds. The summed E-state index contributed by atoms with van der Waals surface area (Å²) in [6.07, 6.45) is 4.27. The summed E-state index contributed by atoms with van der Waals surface area (Å²) in [5.41, 5.74) is 0.878. The number of alkyl halides is 1. The summed E-state index contributed by atoms with van der Waals surface area (Å²) in [5.74, 6) is 0.798. The Kier molecular flexibility index (Phi) is 2.61. The molecule has 1 aliphatic rings. The first kappa shape index (κ1) is 9.37. The van der Waals surface area contributed by atoms with Crippen LogP contribution in [-0.4, -0.2) is 29.2 Å². The molecule has 0 aliphatic carbocycles. The molecule has 3 nitrogen and oxygen atoms in total. The number of nitrogens with zero attached hydrogens (tertiary/aromatic N) is 3. The number of hydrogen-bond acceptors (Lipinski definition) is 3. The number of rotatable bonds is 1. The van der Waals surface area contributed by atoms with Crippen LogP contribution < -0.4 is 4.90 Å². The average Bonchev–Trinajstić information content (AvgIpc) is 2.18. The van der Waals surface area contributed by atoms with E-state index in [-0.39, 0.29) is 0 Å². The van der Waals surface area contributed by atoms with Gasteiger partial charge in [-0.2, -0.15) is 0 Å². The third kappa shape index (κ3) is 2.00. The van der Waals surface area contributed by atoms with Crippen LogP contribution >= 0.6 is 0 Å². The molecule has 76 valence electrons. The zero-order chi connectivity index (χ0) is 9.97. The minimum atomic E-state index is -0.717. The molecule has 0 N–H and O–H groups in total. The Bertz CT molecular complexity index is 316. The zero-order valence-corrected chi connectivity index (χ0v) is 8.28. The normalized spacial score (nSPS) is 22.4. The monoisotopic (exact) mass is 195 g/mol. The van der Waals surface area contributed by atoms with Crippen LogP contribution in [0.4, 0.5) is 10.2 Å². The third-order valence-electron chi connectivity index (χ3n) is 2.43. The minimum absolute atomic E-state index is 0.456. The molecule has 1 aromatic heterocycles. The summed E-state index contributed by atoms with van der Waals surface area (Å²) in [6, 6.07) is 0. The highest BCUT2D eigenvalue weighted by atomic mass is 19.1. The topological polar surface area (TPSA) is 29.0 Å². The van der Waals surface area contributed by atoms with Crippen molar-refractivity contribution in [3.63, 3.8) is 0 Å². The van der Waals surface area contributed by atoms with Gasteiger partial charge in [-0.25, -0.2) is 9.37 Å². The third-order valence-corrected chi connectivity index (χ3v) is 2.43. The molecule has 2 rings (SSSR count). The van der Waals surface area contributed by atoms with Crippen LogP contribution in [-0.2, 0) is 0 Å². The van der Waals surface area contributed by atoms with Gasteiger partial charge in [0, 0.05) is 12.7 Å². The van der Waals surface area contributed by atoms with Crippen molar-refractivity contribution in [3.05, 3.63) is 18.1 Å². The second kappa shape index (κ2) is 3.90. The summed E-state index contributed by atoms with van der Waals surface area (Å²) in [5, 5.41) is 0. The Balaban J connectivity index is 2.14. The number of hydrogen-bond donors (Lipinski definition) is 0. The molecule has 1 atom stereocenters. The van der Waals surface area contributed by atoms with E-state index in [2.05, 4.69) is 9.97 Å². The summed E-state index contributed by atoms with van der Waals surface area (Å²) in [6.45, 7) is 3.24. The Labute approximate surface area is 83.0 Å². The van der Waals surface area contributed by atoms with Crippen molar-refractivity contribution in [2.24, 2.45) is 0 Å². The zero-order valence-electron chi connectivity index (χ0n) is 8.28. The van der Waals surface area contributed by atoms with Crippen LogP contribution in [0.5, 0.6) is 0 Å². The molecule has 4 heteroatoms. The van der Waals surface area contributed by atoms with Crippen LogP contribution in [0.1, 0.15) is 18.5 Å². The van der Waals surface area contributed by atoms with Gasteiger partial charge in [-0.1, -0.05) is 0 Å². The molecule has 1 aliphatic heterocycles. The van der Waals surface area contributed by atoms with Crippen molar-refractivity contribution in [1.29, 1.82) is 0 Å². The van der Waals surface area contributed by atoms with Gasteiger partial charge in [0.1, 0.15) is 12.0 Å². The van der Waals surface area contributed by atoms with Crippen LogP contribution in [0.15, 0.2) is 12.4 Å². The molecule has 1 fully saturated rings. The summed E-state index contributed by atoms with van der Waals surface area (Å²) in [7, 11) is 0. The molecule has 0 spiro atoms. The fourth-order valence-corrected chi connectivity index (χ4v) is 1.74. The van der Waals surface area contributed by atoms with E-state index in [9.17, 15) is 4.39 Å². The molecule has 14 heavy (non-hydrogen) atoms. The van der Waals surface area contributed by atoms with E-state index >= 15 is 0 Å².